The second-order valence-corrected chi connectivity index (χ2v) is 5.40. The van der Waals surface area contributed by atoms with Gasteiger partial charge in [0.05, 0.1) is 7.11 Å². The normalized spacial score (nSPS) is 17.0. The first-order chi connectivity index (χ1) is 10.9. The van der Waals surface area contributed by atoms with Gasteiger partial charge in [-0.15, -0.1) is 5.48 Å². The number of hydrogen-bond donors (Lipinski definition) is 1. The van der Waals surface area contributed by atoms with E-state index < -0.39 is 12.1 Å². The molecule has 0 unspecified atom stereocenters. The fourth-order valence-corrected chi connectivity index (χ4v) is 2.39. The van der Waals surface area contributed by atoms with Crippen molar-refractivity contribution in [2.24, 2.45) is 0 Å². The molecule has 5 nitrogen and oxygen atoms in total. The molecular formula is C15H19F3N2O3. The van der Waals surface area contributed by atoms with E-state index in [1.165, 1.54) is 0 Å². The van der Waals surface area contributed by atoms with Crippen LogP contribution in [-0.4, -0.2) is 43.3 Å². The van der Waals surface area contributed by atoms with Crippen LogP contribution in [0.4, 0.5) is 13.2 Å². The Morgan fingerprint density at radius 3 is 2.39 bits per heavy atom. The van der Waals surface area contributed by atoms with Crippen molar-refractivity contribution in [2.75, 3.05) is 20.2 Å². The van der Waals surface area contributed by atoms with Gasteiger partial charge in [-0.1, -0.05) is 12.1 Å². The first-order valence-electron chi connectivity index (χ1n) is 7.27. The van der Waals surface area contributed by atoms with Gasteiger partial charge in [0.15, 0.2) is 0 Å². The molecule has 0 aromatic heterocycles. The van der Waals surface area contributed by atoms with E-state index in [2.05, 4.69) is 15.2 Å². The standard InChI is InChI=1S/C15H19F3N2O3/c1-22-13-4-2-11(3-5-13)10-20-8-6-12(7-9-20)19-23-14(21)15(16,17)18/h2-5,12,19H,6-10H2,1H3. The van der Waals surface area contributed by atoms with E-state index in [1.807, 2.05) is 24.3 Å². The number of methoxy groups -OCH3 is 1. The van der Waals surface area contributed by atoms with Gasteiger partial charge in [-0.2, -0.15) is 13.2 Å². The van der Waals surface area contributed by atoms with Gasteiger partial charge in [-0.05, 0) is 30.5 Å². The number of nitrogens with zero attached hydrogens (tertiary/aromatic N) is 1. The van der Waals surface area contributed by atoms with Gasteiger partial charge in [-0.3, -0.25) is 4.90 Å². The largest absolute Gasteiger partial charge is 0.497 e. The smallest absolute Gasteiger partial charge is 0.492 e. The number of carbonyl (C=O) groups is 1. The number of halogens is 3. The van der Waals surface area contributed by atoms with Crippen LogP contribution in [0.15, 0.2) is 24.3 Å². The average Bonchev–Trinajstić information content (AvgIpc) is 2.53. The van der Waals surface area contributed by atoms with Gasteiger partial charge in [0.1, 0.15) is 5.75 Å². The second kappa shape index (κ2) is 7.65. The Bertz CT molecular complexity index is 512. The topological polar surface area (TPSA) is 50.8 Å². The lowest BCUT2D eigenvalue weighted by Gasteiger charge is -2.31. The van der Waals surface area contributed by atoms with Crippen LogP contribution in [0, 0.1) is 0 Å². The highest BCUT2D eigenvalue weighted by Crippen LogP contribution is 2.18. The Kier molecular flexibility index (Phi) is 5.84. The van der Waals surface area contributed by atoms with Crippen molar-refractivity contribution in [3.05, 3.63) is 29.8 Å². The summed E-state index contributed by atoms with van der Waals surface area (Å²) >= 11 is 0. The lowest BCUT2D eigenvalue weighted by Crippen LogP contribution is -2.44. The number of likely N-dealkylation sites (tertiary alicyclic amines) is 1. The summed E-state index contributed by atoms with van der Waals surface area (Å²) in [6.07, 6.45) is -3.75. The molecule has 1 aliphatic heterocycles. The molecule has 1 aromatic carbocycles. The van der Waals surface area contributed by atoms with E-state index in [0.29, 0.717) is 25.9 Å². The van der Waals surface area contributed by atoms with Crippen molar-refractivity contribution in [1.82, 2.24) is 10.4 Å². The van der Waals surface area contributed by atoms with E-state index >= 15 is 0 Å². The molecular weight excluding hydrogens is 313 g/mol. The van der Waals surface area contributed by atoms with Gasteiger partial charge in [-0.25, -0.2) is 4.79 Å². The number of ether oxygens (including phenoxy) is 1. The molecule has 1 fully saturated rings. The van der Waals surface area contributed by atoms with Gasteiger partial charge in [0.2, 0.25) is 0 Å². The summed E-state index contributed by atoms with van der Waals surface area (Å²) in [6, 6.07) is 7.48. The Balaban J connectivity index is 1.72. The lowest BCUT2D eigenvalue weighted by molar-refractivity contribution is -0.209. The van der Waals surface area contributed by atoms with Crippen LogP contribution >= 0.6 is 0 Å². The molecule has 1 aliphatic rings. The predicted molar refractivity (Wildman–Crippen MR) is 76.6 cm³/mol. The first kappa shape index (κ1) is 17.6. The van der Waals surface area contributed by atoms with E-state index in [4.69, 9.17) is 4.74 Å². The summed E-state index contributed by atoms with van der Waals surface area (Å²) in [5.74, 6) is -1.42. The van der Waals surface area contributed by atoms with E-state index in [-0.39, 0.29) is 6.04 Å². The third kappa shape index (κ3) is 5.40. The Labute approximate surface area is 132 Å². The van der Waals surface area contributed by atoms with E-state index in [1.54, 1.807) is 7.11 Å². The number of nitrogens with one attached hydrogen (secondary N) is 1. The molecule has 128 valence electrons. The molecule has 0 radical (unpaired) electrons. The van der Waals surface area contributed by atoms with Crippen molar-refractivity contribution in [3.8, 4) is 5.75 Å². The summed E-state index contributed by atoms with van der Waals surface area (Å²) in [7, 11) is 1.61. The zero-order chi connectivity index (χ0) is 16.9. The summed E-state index contributed by atoms with van der Waals surface area (Å²) in [6.45, 7) is 2.19. The van der Waals surface area contributed by atoms with E-state index in [9.17, 15) is 18.0 Å². The summed E-state index contributed by atoms with van der Waals surface area (Å²) in [4.78, 5) is 16.9. The fraction of sp³-hybridized carbons (Fsp3) is 0.533. The molecule has 0 spiro atoms. The molecule has 23 heavy (non-hydrogen) atoms. The number of hydroxylamine groups is 1. The maximum atomic E-state index is 12.0. The minimum Gasteiger partial charge on any atom is -0.497 e. The van der Waals surface area contributed by atoms with Crippen molar-refractivity contribution in [2.45, 2.75) is 31.6 Å². The number of carbonyl (C=O) groups excluding carboxylic acids is 1. The third-order valence-corrected chi connectivity index (χ3v) is 3.70. The first-order valence-corrected chi connectivity index (χ1v) is 7.27. The van der Waals surface area contributed by atoms with Crippen LogP contribution in [0.25, 0.3) is 0 Å². The number of benzene rings is 1. The zero-order valence-electron chi connectivity index (χ0n) is 12.7. The average molecular weight is 332 g/mol. The Morgan fingerprint density at radius 2 is 1.87 bits per heavy atom. The number of piperidine rings is 1. The SMILES string of the molecule is COc1ccc(CN2CCC(NOC(=O)C(F)(F)F)CC2)cc1. The van der Waals surface area contributed by atoms with Crippen LogP contribution in [0.1, 0.15) is 18.4 Å². The van der Waals surface area contributed by atoms with Crippen LogP contribution < -0.4 is 10.2 Å². The molecule has 1 N–H and O–H groups in total. The van der Waals surface area contributed by atoms with Gasteiger partial charge in [0.25, 0.3) is 0 Å². The monoisotopic (exact) mass is 332 g/mol. The molecule has 1 heterocycles. The van der Waals surface area contributed by atoms with Crippen LogP contribution in [0.3, 0.4) is 0 Å². The second-order valence-electron chi connectivity index (χ2n) is 5.40. The maximum Gasteiger partial charge on any atom is 0.492 e. The fourth-order valence-electron chi connectivity index (χ4n) is 2.39. The van der Waals surface area contributed by atoms with Crippen LogP contribution in [-0.2, 0) is 16.2 Å². The summed E-state index contributed by atoms with van der Waals surface area (Å²) in [5, 5.41) is 0. The zero-order valence-corrected chi connectivity index (χ0v) is 12.7. The van der Waals surface area contributed by atoms with Crippen LogP contribution in [0.2, 0.25) is 0 Å². The molecule has 0 amide bonds. The van der Waals surface area contributed by atoms with Crippen molar-refractivity contribution >= 4 is 5.97 Å². The summed E-state index contributed by atoms with van der Waals surface area (Å²) < 4.78 is 41.2. The van der Waals surface area contributed by atoms with Gasteiger partial charge in [0, 0.05) is 25.7 Å². The highest BCUT2D eigenvalue weighted by Gasteiger charge is 2.41. The lowest BCUT2D eigenvalue weighted by atomic mass is 10.1. The molecule has 2 rings (SSSR count). The number of alkyl halides is 3. The predicted octanol–water partition coefficient (Wildman–Crippen LogP) is 2.27. The highest BCUT2D eigenvalue weighted by molar-refractivity contribution is 5.75. The highest BCUT2D eigenvalue weighted by atomic mass is 19.4. The molecule has 1 aromatic rings. The minimum atomic E-state index is -4.97. The minimum absolute atomic E-state index is 0.256. The number of rotatable bonds is 5. The van der Waals surface area contributed by atoms with Crippen molar-refractivity contribution in [1.29, 1.82) is 0 Å². The molecule has 0 saturated carbocycles. The van der Waals surface area contributed by atoms with Gasteiger partial charge >= 0.3 is 12.1 Å². The van der Waals surface area contributed by atoms with E-state index in [0.717, 1.165) is 17.9 Å². The van der Waals surface area contributed by atoms with Crippen LogP contribution in [0.5, 0.6) is 5.75 Å². The molecule has 0 aliphatic carbocycles. The van der Waals surface area contributed by atoms with Crippen molar-refractivity contribution < 1.29 is 27.5 Å². The maximum absolute atomic E-state index is 12.0. The van der Waals surface area contributed by atoms with Crippen molar-refractivity contribution in [3.63, 3.8) is 0 Å². The molecule has 8 heteroatoms. The Morgan fingerprint density at radius 1 is 1.26 bits per heavy atom. The molecule has 0 bridgehead atoms. The van der Waals surface area contributed by atoms with Gasteiger partial charge < -0.3 is 9.57 Å². The molecule has 1 saturated heterocycles. The Hall–Kier alpha value is -1.80. The quantitative estimate of drug-likeness (QED) is 0.839. The third-order valence-electron chi connectivity index (χ3n) is 3.70. The molecule has 0 atom stereocenters. The summed E-state index contributed by atoms with van der Waals surface area (Å²) in [5.41, 5.74) is 3.35. The number of hydrogen-bond acceptors (Lipinski definition) is 5.